The zero-order chi connectivity index (χ0) is 77.9. The zero-order valence-corrected chi connectivity index (χ0v) is 67.3. The van der Waals surface area contributed by atoms with Crippen LogP contribution in [0.1, 0.15) is 38.9 Å². The van der Waals surface area contributed by atoms with E-state index in [0.29, 0.717) is 52.0 Å². The van der Waals surface area contributed by atoms with Crippen molar-refractivity contribution in [1.29, 1.82) is 0 Å². The SMILES string of the molecule is CS(=O)(=O)Cc1cccc(N)c1.CS(=O)(=O)Cc1cccc(N)c1.CS(=O)(=O)Cc1cccc(Nc2cc(-c3ccccc3OCc3ccccc3)ncn2)c1.CS(=O)(=O)Cc1cccc([N+](=O)[O-])c1.CS(=O)[O-].Clc1cc(-c2ccccc2OCc2ccccc2)ncn1.O=[N+]([O-])c1cccc(CBr)c1.[Na+]. The van der Waals surface area contributed by atoms with E-state index in [2.05, 4.69) is 41.2 Å². The Balaban J connectivity index is 0.000000282. The average Bonchev–Trinajstić information content (AvgIpc) is 0.830. The van der Waals surface area contributed by atoms with Crippen LogP contribution in [0.25, 0.3) is 22.5 Å². The first-order valence-corrected chi connectivity index (χ1v) is 42.4. The van der Waals surface area contributed by atoms with E-state index in [1.54, 1.807) is 84.9 Å². The van der Waals surface area contributed by atoms with Gasteiger partial charge in [0.1, 0.15) is 48.3 Å². The first-order chi connectivity index (χ1) is 50.1. The van der Waals surface area contributed by atoms with Gasteiger partial charge in [0.2, 0.25) is 0 Å². The molecule has 0 aliphatic carbocycles. The van der Waals surface area contributed by atoms with Gasteiger partial charge in [0.15, 0.2) is 39.3 Å². The van der Waals surface area contributed by atoms with Crippen LogP contribution in [-0.4, -0.2) is 103 Å². The summed E-state index contributed by atoms with van der Waals surface area (Å²) in [6.07, 6.45) is 8.75. The van der Waals surface area contributed by atoms with Gasteiger partial charge >= 0.3 is 29.6 Å². The molecule has 1 unspecified atom stereocenters. The summed E-state index contributed by atoms with van der Waals surface area (Å²) in [6, 6.07) is 72.3. The largest absolute Gasteiger partial charge is 1.00 e. The van der Waals surface area contributed by atoms with Gasteiger partial charge in [0.05, 0.1) is 44.2 Å². The van der Waals surface area contributed by atoms with Crippen molar-refractivity contribution >= 4 is 112 Å². The molecule has 0 fully saturated rings. The van der Waals surface area contributed by atoms with E-state index in [1.807, 2.05) is 133 Å². The molecule has 0 radical (unpaired) electrons. The molecule has 0 aliphatic heterocycles. The molecule has 0 saturated carbocycles. The normalized spacial score (nSPS) is 11.0. The van der Waals surface area contributed by atoms with E-state index < -0.39 is 60.3 Å². The number of nitrogen functional groups attached to an aromatic ring is 2. The number of nitrogens with one attached hydrogen (secondary N) is 1. The number of non-ortho nitro benzene ring substituents is 2. The Labute approximate surface area is 661 Å². The summed E-state index contributed by atoms with van der Waals surface area (Å²) in [7, 11) is -12.1. The van der Waals surface area contributed by atoms with Crippen LogP contribution in [0.15, 0.2) is 255 Å². The van der Waals surface area contributed by atoms with Crippen LogP contribution in [0, 0.1) is 20.2 Å². The molecule has 0 saturated heterocycles. The summed E-state index contributed by atoms with van der Waals surface area (Å²) >= 11 is 7.29. The Hall–Kier alpha value is -9.38. The quantitative estimate of drug-likeness (QED) is 0.0114. The number of nitrogens with zero attached hydrogens (tertiary/aromatic N) is 6. The molecule has 2 heterocycles. The Kier molecular flexibility index (Phi) is 38.1. The molecule has 5 N–H and O–H groups in total. The zero-order valence-electron chi connectivity index (χ0n) is 58.9. The molecule has 558 valence electrons. The fourth-order valence-electron chi connectivity index (χ4n) is 9.11. The number of alkyl halides is 1. The molecule has 1 atom stereocenters. The van der Waals surface area contributed by atoms with Gasteiger partial charge in [-0.25, -0.2) is 53.6 Å². The van der Waals surface area contributed by atoms with Gasteiger partial charge in [-0.3, -0.25) is 24.4 Å². The standard InChI is InChI=1S/C25H23N3O3S.C17H13ClN2O.C8H9NO4S.2C8H11NO2S.C7H6BrNO2.CH4O2S.Na/c1-32(29,30)17-20-10-7-11-21(14-20)28-25-15-23(26-18-27-25)22-12-5-6-13-24(22)31-16-19-8-3-2-4-9-19;18-17-10-15(19-12-20-17)14-8-4-5-9-16(14)21-11-13-6-2-1-3-7-13;1-14(12,13)6-7-3-2-4-8(5-7)9(10)11;2*1-12(10,11)6-7-3-2-4-8(9)5-7;8-5-6-2-1-3-7(4-6)9(10)11;1-4(2)3;/h2-15,18H,16-17H2,1H3,(H,26,27,28);1-10,12H,11H2;2-5H,6H2,1H3;2*2-5H,6,9H2,1H3;1-4H,5H2;1H3,(H,2,3);/q;;;;;;;+1/p-1. The number of hydrogen-bond acceptors (Lipinski definition) is 23. The van der Waals surface area contributed by atoms with Crippen molar-refractivity contribution in [1.82, 2.24) is 19.9 Å². The number of sulfone groups is 4. The van der Waals surface area contributed by atoms with Crippen molar-refractivity contribution in [2.75, 3.05) is 48.1 Å². The average molecular weight is 1650 g/mol. The van der Waals surface area contributed by atoms with Gasteiger partial charge in [-0.1, -0.05) is 184 Å². The predicted octanol–water partition coefficient (Wildman–Crippen LogP) is 11.1. The number of nitro groups is 2. The molecular formula is C74H76BrClN9NaO16S5. The summed E-state index contributed by atoms with van der Waals surface area (Å²) in [5.74, 6) is 2.03. The molecule has 2 aromatic heterocycles. The number of nitro benzene ring substituents is 2. The minimum atomic E-state index is -3.14. The van der Waals surface area contributed by atoms with Gasteiger partial charge < -0.3 is 30.8 Å². The van der Waals surface area contributed by atoms with Gasteiger partial charge in [-0.05, 0) is 106 Å². The Morgan fingerprint density at radius 1 is 0.449 bits per heavy atom. The van der Waals surface area contributed by atoms with Crippen LogP contribution in [0.3, 0.4) is 0 Å². The number of benzene rings is 9. The van der Waals surface area contributed by atoms with E-state index in [-0.39, 0.29) is 63.9 Å². The smallest absolute Gasteiger partial charge is 0.773 e. The molecule has 9 aromatic carbocycles. The summed E-state index contributed by atoms with van der Waals surface area (Å²) < 4.78 is 118. The molecule has 0 amide bonds. The van der Waals surface area contributed by atoms with Crippen LogP contribution < -0.4 is 55.8 Å². The van der Waals surface area contributed by atoms with Gasteiger partial charge in [0, 0.05) is 94.9 Å². The third kappa shape index (κ3) is 38.1. The molecule has 25 nitrogen and oxygen atoms in total. The molecule has 107 heavy (non-hydrogen) atoms. The van der Waals surface area contributed by atoms with E-state index in [1.165, 1.54) is 55.7 Å². The number of halogens is 2. The van der Waals surface area contributed by atoms with Gasteiger partial charge in [-0.15, -0.1) is 0 Å². The summed E-state index contributed by atoms with van der Waals surface area (Å²) in [6.45, 7) is 0.970. The number of ether oxygens (including phenoxy) is 2. The molecule has 11 aromatic rings. The number of anilines is 4. The van der Waals surface area contributed by atoms with Gasteiger partial charge in [0.25, 0.3) is 11.4 Å². The van der Waals surface area contributed by atoms with E-state index >= 15 is 0 Å². The van der Waals surface area contributed by atoms with Crippen LogP contribution >= 0.6 is 27.5 Å². The number of hydrogen-bond donors (Lipinski definition) is 3. The Bertz CT molecular complexity index is 5110. The van der Waals surface area contributed by atoms with Crippen molar-refractivity contribution in [3.8, 4) is 34.0 Å². The number of para-hydroxylation sites is 2. The monoisotopic (exact) mass is 1640 g/mol. The minimum Gasteiger partial charge on any atom is -0.773 e. The molecular weight excluding hydrogens is 1570 g/mol. The van der Waals surface area contributed by atoms with Crippen molar-refractivity contribution in [3.63, 3.8) is 0 Å². The second kappa shape index (κ2) is 45.3. The molecule has 0 bridgehead atoms. The summed E-state index contributed by atoms with van der Waals surface area (Å²) in [5, 5.41) is 24.9. The van der Waals surface area contributed by atoms with Crippen molar-refractivity contribution in [2.24, 2.45) is 0 Å². The number of aromatic nitrogens is 4. The maximum atomic E-state index is 11.6. The third-order valence-electron chi connectivity index (χ3n) is 13.3. The topological polar surface area (TPSA) is 397 Å². The van der Waals surface area contributed by atoms with Gasteiger partial charge in [-0.2, -0.15) is 0 Å². The maximum Gasteiger partial charge on any atom is 1.00 e. The first kappa shape index (κ1) is 90.0. The van der Waals surface area contributed by atoms with Crippen LogP contribution in [0.5, 0.6) is 11.5 Å². The Morgan fingerprint density at radius 3 is 1.18 bits per heavy atom. The second-order valence-corrected chi connectivity index (χ2v) is 33.4. The van der Waals surface area contributed by atoms with E-state index in [0.717, 1.165) is 80.0 Å². The van der Waals surface area contributed by atoms with Crippen molar-refractivity contribution < 1.29 is 91.3 Å². The molecule has 11 rings (SSSR count). The van der Waals surface area contributed by atoms with E-state index in [4.69, 9.17) is 41.3 Å². The molecule has 0 spiro atoms. The summed E-state index contributed by atoms with van der Waals surface area (Å²) in [5.41, 5.74) is 21.9. The van der Waals surface area contributed by atoms with Crippen LogP contribution in [0.2, 0.25) is 5.15 Å². The number of rotatable bonds is 21. The fourth-order valence-corrected chi connectivity index (χ4v) is 12.7. The predicted molar refractivity (Wildman–Crippen MR) is 421 cm³/mol. The minimum absolute atomic E-state index is 0. The van der Waals surface area contributed by atoms with Crippen molar-refractivity contribution in [2.45, 2.75) is 41.6 Å². The van der Waals surface area contributed by atoms with Crippen molar-refractivity contribution in [3.05, 3.63) is 320 Å². The first-order valence-electron chi connectivity index (χ1n) is 31.2. The van der Waals surface area contributed by atoms with E-state index in [9.17, 15) is 53.9 Å². The fraction of sp³-hybridized carbons (Fsp3) is 0.162. The Morgan fingerprint density at radius 2 is 0.785 bits per heavy atom. The molecule has 33 heteroatoms. The van der Waals surface area contributed by atoms with Crippen LogP contribution in [-0.2, 0) is 92.0 Å². The second-order valence-electron chi connectivity index (χ2n) is 23.0. The molecule has 0 aliphatic rings. The maximum absolute atomic E-state index is 11.6. The van der Waals surface area contributed by atoms with Crippen LogP contribution in [0.4, 0.5) is 34.3 Å². The third-order valence-corrected chi connectivity index (χ3v) is 17.6. The summed E-state index contributed by atoms with van der Waals surface area (Å²) in [4.78, 5) is 36.6. The number of nitrogens with two attached hydrogens (primary N) is 2.